The molecule has 1 aromatic rings. The quantitative estimate of drug-likeness (QED) is 0.863. The van der Waals surface area contributed by atoms with E-state index in [4.69, 9.17) is 4.74 Å². The zero-order valence-electron chi connectivity index (χ0n) is 11.0. The van der Waals surface area contributed by atoms with Gasteiger partial charge in [-0.25, -0.2) is 0 Å². The minimum Gasteiger partial charge on any atom is -0.375 e. The second-order valence-corrected chi connectivity index (χ2v) is 5.16. The predicted octanol–water partition coefficient (Wildman–Crippen LogP) is 2.96. The highest BCUT2D eigenvalue weighted by Crippen LogP contribution is 2.11. The van der Waals surface area contributed by atoms with Crippen LogP contribution in [-0.4, -0.2) is 19.2 Å². The fourth-order valence-corrected chi connectivity index (χ4v) is 2.54. The smallest absolute Gasteiger partial charge is 0.0717 e. The van der Waals surface area contributed by atoms with E-state index in [1.54, 1.807) is 0 Å². The first-order valence-corrected chi connectivity index (χ1v) is 6.62. The van der Waals surface area contributed by atoms with Crippen LogP contribution in [-0.2, 0) is 11.3 Å². The summed E-state index contributed by atoms with van der Waals surface area (Å²) in [5, 5.41) is 3.50. The molecule has 1 heterocycles. The molecule has 0 radical (unpaired) electrons. The van der Waals surface area contributed by atoms with Crippen molar-refractivity contribution in [2.45, 2.75) is 45.8 Å². The normalized spacial score (nSPS) is 20.5. The first-order chi connectivity index (χ1) is 8.24. The van der Waals surface area contributed by atoms with Crippen LogP contribution in [0.4, 0.5) is 0 Å². The molecule has 0 bridgehead atoms. The van der Waals surface area contributed by atoms with Gasteiger partial charge in [0.05, 0.1) is 13.2 Å². The molecule has 0 aromatic heterocycles. The van der Waals surface area contributed by atoms with Gasteiger partial charge < -0.3 is 10.1 Å². The summed E-state index contributed by atoms with van der Waals surface area (Å²) >= 11 is 0. The lowest BCUT2D eigenvalue weighted by atomic mass is 10.1. The summed E-state index contributed by atoms with van der Waals surface area (Å²) in [6, 6.07) is 7.18. The van der Waals surface area contributed by atoms with Crippen molar-refractivity contribution >= 4 is 0 Å². The van der Waals surface area contributed by atoms with Gasteiger partial charge in [0, 0.05) is 6.04 Å². The van der Waals surface area contributed by atoms with Gasteiger partial charge in [0.2, 0.25) is 0 Å². The fourth-order valence-electron chi connectivity index (χ4n) is 2.54. The highest BCUT2D eigenvalue weighted by Gasteiger charge is 2.12. The van der Waals surface area contributed by atoms with Gasteiger partial charge >= 0.3 is 0 Å². The standard InChI is InChI=1S/C15H23NO/c1-12-7-13(2)9-14(8-12)10-17-11-15-5-3-4-6-16-15/h7-9,15-16H,3-6,10-11H2,1-2H3. The summed E-state index contributed by atoms with van der Waals surface area (Å²) in [6.07, 6.45) is 3.91. The maximum absolute atomic E-state index is 5.81. The van der Waals surface area contributed by atoms with Crippen LogP contribution in [0.25, 0.3) is 0 Å². The van der Waals surface area contributed by atoms with E-state index in [9.17, 15) is 0 Å². The van der Waals surface area contributed by atoms with E-state index in [0.29, 0.717) is 6.04 Å². The number of nitrogens with one attached hydrogen (secondary N) is 1. The Morgan fingerprint density at radius 1 is 1.18 bits per heavy atom. The third kappa shape index (κ3) is 4.14. The van der Waals surface area contributed by atoms with Crippen LogP contribution in [0.5, 0.6) is 0 Å². The molecule has 1 atom stereocenters. The number of rotatable bonds is 4. The average Bonchev–Trinajstić information content (AvgIpc) is 2.29. The van der Waals surface area contributed by atoms with Crippen LogP contribution in [0.15, 0.2) is 18.2 Å². The molecule has 17 heavy (non-hydrogen) atoms. The first-order valence-electron chi connectivity index (χ1n) is 6.62. The number of benzene rings is 1. The lowest BCUT2D eigenvalue weighted by Gasteiger charge is -2.23. The molecule has 0 spiro atoms. The summed E-state index contributed by atoms with van der Waals surface area (Å²) in [6.45, 7) is 7.00. The molecule has 1 fully saturated rings. The van der Waals surface area contributed by atoms with Crippen LogP contribution in [0, 0.1) is 13.8 Å². The van der Waals surface area contributed by atoms with Crippen LogP contribution >= 0.6 is 0 Å². The van der Waals surface area contributed by atoms with Gasteiger partial charge in [-0.05, 0) is 38.8 Å². The van der Waals surface area contributed by atoms with Crippen LogP contribution in [0.1, 0.15) is 36.0 Å². The fraction of sp³-hybridized carbons (Fsp3) is 0.600. The first kappa shape index (κ1) is 12.6. The van der Waals surface area contributed by atoms with E-state index >= 15 is 0 Å². The second-order valence-electron chi connectivity index (χ2n) is 5.16. The summed E-state index contributed by atoms with van der Waals surface area (Å²) in [4.78, 5) is 0. The summed E-state index contributed by atoms with van der Waals surface area (Å²) in [5.41, 5.74) is 3.93. The van der Waals surface area contributed by atoms with Crippen LogP contribution < -0.4 is 5.32 Å². The SMILES string of the molecule is Cc1cc(C)cc(COCC2CCCCN2)c1. The van der Waals surface area contributed by atoms with Gasteiger partial charge in [-0.1, -0.05) is 35.7 Å². The monoisotopic (exact) mass is 233 g/mol. The predicted molar refractivity (Wildman–Crippen MR) is 71.2 cm³/mol. The highest BCUT2D eigenvalue weighted by atomic mass is 16.5. The molecule has 2 rings (SSSR count). The van der Waals surface area contributed by atoms with Crippen molar-refractivity contribution in [1.29, 1.82) is 0 Å². The van der Waals surface area contributed by atoms with E-state index in [1.807, 2.05) is 0 Å². The minimum absolute atomic E-state index is 0.564. The molecule has 0 saturated carbocycles. The average molecular weight is 233 g/mol. The Morgan fingerprint density at radius 2 is 1.94 bits per heavy atom. The largest absolute Gasteiger partial charge is 0.375 e. The van der Waals surface area contributed by atoms with Gasteiger partial charge in [-0.15, -0.1) is 0 Å². The lowest BCUT2D eigenvalue weighted by molar-refractivity contribution is 0.0911. The molecule has 0 amide bonds. The topological polar surface area (TPSA) is 21.3 Å². The molecule has 1 unspecified atom stereocenters. The van der Waals surface area contributed by atoms with Gasteiger partial charge in [0.15, 0.2) is 0 Å². The molecule has 1 saturated heterocycles. The zero-order valence-corrected chi connectivity index (χ0v) is 11.0. The molecular weight excluding hydrogens is 210 g/mol. The molecule has 1 aliphatic heterocycles. The van der Waals surface area contributed by atoms with Crippen LogP contribution in [0.2, 0.25) is 0 Å². The van der Waals surface area contributed by atoms with Crippen molar-refractivity contribution in [3.8, 4) is 0 Å². The highest BCUT2D eigenvalue weighted by molar-refractivity contribution is 5.27. The van der Waals surface area contributed by atoms with Gasteiger partial charge in [0.1, 0.15) is 0 Å². The summed E-state index contributed by atoms with van der Waals surface area (Å²) in [5.74, 6) is 0. The number of aryl methyl sites for hydroxylation is 2. The molecular formula is C15H23NO. The zero-order chi connectivity index (χ0) is 12.1. The molecule has 2 heteroatoms. The maximum atomic E-state index is 5.81. The molecule has 0 aliphatic carbocycles. The van der Waals surface area contributed by atoms with Gasteiger partial charge in [0.25, 0.3) is 0 Å². The van der Waals surface area contributed by atoms with Crippen molar-refractivity contribution in [3.05, 3.63) is 34.9 Å². The third-order valence-electron chi connectivity index (χ3n) is 3.28. The van der Waals surface area contributed by atoms with Gasteiger partial charge in [-0.3, -0.25) is 0 Å². The minimum atomic E-state index is 0.564. The Labute approximate surface area is 104 Å². The van der Waals surface area contributed by atoms with Crippen LogP contribution in [0.3, 0.4) is 0 Å². The van der Waals surface area contributed by atoms with E-state index < -0.39 is 0 Å². The summed E-state index contributed by atoms with van der Waals surface area (Å²) < 4.78 is 5.81. The van der Waals surface area contributed by atoms with Crippen molar-refractivity contribution in [2.75, 3.05) is 13.2 Å². The van der Waals surface area contributed by atoms with E-state index in [0.717, 1.165) is 19.8 Å². The Hall–Kier alpha value is -0.860. The van der Waals surface area contributed by atoms with Crippen molar-refractivity contribution in [1.82, 2.24) is 5.32 Å². The summed E-state index contributed by atoms with van der Waals surface area (Å²) in [7, 11) is 0. The van der Waals surface area contributed by atoms with Crippen molar-refractivity contribution < 1.29 is 4.74 Å². The van der Waals surface area contributed by atoms with E-state index in [-0.39, 0.29) is 0 Å². The molecule has 1 N–H and O–H groups in total. The Balaban J connectivity index is 1.77. The number of piperidine rings is 1. The van der Waals surface area contributed by atoms with E-state index in [1.165, 1.54) is 36.0 Å². The third-order valence-corrected chi connectivity index (χ3v) is 3.28. The number of hydrogen-bond donors (Lipinski definition) is 1. The van der Waals surface area contributed by atoms with Crippen molar-refractivity contribution in [3.63, 3.8) is 0 Å². The molecule has 1 aromatic carbocycles. The Morgan fingerprint density at radius 3 is 2.59 bits per heavy atom. The Bertz CT molecular complexity index is 336. The molecule has 1 aliphatic rings. The van der Waals surface area contributed by atoms with Crippen molar-refractivity contribution in [2.24, 2.45) is 0 Å². The molecule has 2 nitrogen and oxygen atoms in total. The molecule has 94 valence electrons. The second kappa shape index (κ2) is 6.18. The van der Waals surface area contributed by atoms with Gasteiger partial charge in [-0.2, -0.15) is 0 Å². The maximum Gasteiger partial charge on any atom is 0.0717 e. The number of ether oxygens (including phenoxy) is 1. The van der Waals surface area contributed by atoms with E-state index in [2.05, 4.69) is 37.4 Å². The Kier molecular flexibility index (Phi) is 4.57. The number of hydrogen-bond acceptors (Lipinski definition) is 2. The lowest BCUT2D eigenvalue weighted by Crippen LogP contribution is -2.37.